The van der Waals surface area contributed by atoms with Crippen LogP contribution >= 0.6 is 0 Å². The SMILES string of the molecule is COc1ccc2oc(C(=O)NC(CO)CC(C)C)c(C)c2c1. The first kappa shape index (κ1) is 16.4. The summed E-state index contributed by atoms with van der Waals surface area (Å²) in [6.07, 6.45) is 0.718. The van der Waals surface area contributed by atoms with Gasteiger partial charge in [-0.1, -0.05) is 13.8 Å². The van der Waals surface area contributed by atoms with Crippen LogP contribution in [0, 0.1) is 12.8 Å². The molecule has 0 aliphatic carbocycles. The summed E-state index contributed by atoms with van der Waals surface area (Å²) in [5, 5.41) is 13.1. The van der Waals surface area contributed by atoms with Gasteiger partial charge in [-0.05, 0) is 37.5 Å². The number of carbonyl (C=O) groups excluding carboxylic acids is 1. The van der Waals surface area contributed by atoms with Crippen LogP contribution in [0.2, 0.25) is 0 Å². The van der Waals surface area contributed by atoms with Gasteiger partial charge >= 0.3 is 0 Å². The molecule has 1 amide bonds. The molecule has 5 heteroatoms. The lowest BCUT2D eigenvalue weighted by Crippen LogP contribution is -2.38. The molecular weight excluding hydrogens is 282 g/mol. The predicted molar refractivity (Wildman–Crippen MR) is 85.3 cm³/mol. The molecule has 0 saturated heterocycles. The fourth-order valence-electron chi connectivity index (χ4n) is 2.54. The lowest BCUT2D eigenvalue weighted by Gasteiger charge is -2.17. The van der Waals surface area contributed by atoms with Crippen LogP contribution in [-0.4, -0.2) is 30.8 Å². The van der Waals surface area contributed by atoms with E-state index in [4.69, 9.17) is 9.15 Å². The first-order valence-electron chi connectivity index (χ1n) is 7.45. The second-order valence-electron chi connectivity index (χ2n) is 5.90. The molecule has 0 spiro atoms. The second kappa shape index (κ2) is 6.83. The van der Waals surface area contributed by atoms with E-state index < -0.39 is 0 Å². The predicted octanol–water partition coefficient (Wildman–Crippen LogP) is 2.89. The average molecular weight is 305 g/mol. The van der Waals surface area contributed by atoms with E-state index in [0.29, 0.717) is 11.5 Å². The molecule has 1 aromatic carbocycles. The minimum Gasteiger partial charge on any atom is -0.497 e. The van der Waals surface area contributed by atoms with Crippen LogP contribution in [0.1, 0.15) is 36.4 Å². The molecule has 2 rings (SSSR count). The van der Waals surface area contributed by atoms with Crippen molar-refractivity contribution in [3.8, 4) is 5.75 Å². The largest absolute Gasteiger partial charge is 0.497 e. The minimum atomic E-state index is -0.299. The van der Waals surface area contributed by atoms with E-state index >= 15 is 0 Å². The maximum Gasteiger partial charge on any atom is 0.287 e. The molecule has 0 fully saturated rings. The number of aliphatic hydroxyl groups excluding tert-OH is 1. The van der Waals surface area contributed by atoms with Gasteiger partial charge in [0, 0.05) is 10.9 Å². The van der Waals surface area contributed by atoms with Crippen LogP contribution < -0.4 is 10.1 Å². The first-order valence-corrected chi connectivity index (χ1v) is 7.45. The summed E-state index contributed by atoms with van der Waals surface area (Å²) in [5.74, 6) is 1.09. The van der Waals surface area contributed by atoms with E-state index in [2.05, 4.69) is 5.32 Å². The lowest BCUT2D eigenvalue weighted by atomic mass is 10.0. The van der Waals surface area contributed by atoms with Crippen molar-refractivity contribution < 1.29 is 19.1 Å². The van der Waals surface area contributed by atoms with Crippen LogP contribution in [0.25, 0.3) is 11.0 Å². The van der Waals surface area contributed by atoms with Gasteiger partial charge in [-0.15, -0.1) is 0 Å². The summed E-state index contributed by atoms with van der Waals surface area (Å²) >= 11 is 0. The molecule has 120 valence electrons. The van der Waals surface area contributed by atoms with Crippen molar-refractivity contribution >= 4 is 16.9 Å². The number of aliphatic hydroxyl groups is 1. The zero-order valence-corrected chi connectivity index (χ0v) is 13.5. The van der Waals surface area contributed by atoms with Crippen LogP contribution in [0.15, 0.2) is 22.6 Å². The van der Waals surface area contributed by atoms with Crippen molar-refractivity contribution in [3.05, 3.63) is 29.5 Å². The molecule has 1 aromatic heterocycles. The monoisotopic (exact) mass is 305 g/mol. The summed E-state index contributed by atoms with van der Waals surface area (Å²) in [6, 6.07) is 5.16. The number of furan rings is 1. The molecule has 0 radical (unpaired) electrons. The summed E-state index contributed by atoms with van der Waals surface area (Å²) < 4.78 is 10.9. The van der Waals surface area contributed by atoms with Gasteiger partial charge in [0.15, 0.2) is 5.76 Å². The number of benzene rings is 1. The van der Waals surface area contributed by atoms with E-state index in [0.717, 1.165) is 23.1 Å². The highest BCUT2D eigenvalue weighted by Crippen LogP contribution is 2.28. The second-order valence-corrected chi connectivity index (χ2v) is 5.90. The van der Waals surface area contributed by atoms with Gasteiger partial charge in [0.25, 0.3) is 5.91 Å². The zero-order chi connectivity index (χ0) is 16.3. The van der Waals surface area contributed by atoms with Gasteiger partial charge in [-0.25, -0.2) is 0 Å². The Bertz CT molecular complexity index is 660. The van der Waals surface area contributed by atoms with E-state index in [-0.39, 0.29) is 24.3 Å². The third-order valence-electron chi connectivity index (χ3n) is 3.66. The van der Waals surface area contributed by atoms with Gasteiger partial charge in [-0.3, -0.25) is 4.79 Å². The zero-order valence-electron chi connectivity index (χ0n) is 13.5. The molecule has 1 atom stereocenters. The number of carbonyl (C=O) groups is 1. The summed E-state index contributed by atoms with van der Waals surface area (Å²) in [5.41, 5.74) is 1.42. The third-order valence-corrected chi connectivity index (χ3v) is 3.66. The molecule has 0 aliphatic heterocycles. The summed E-state index contributed by atoms with van der Waals surface area (Å²) in [6.45, 7) is 5.86. The Hall–Kier alpha value is -2.01. The fourth-order valence-corrected chi connectivity index (χ4v) is 2.54. The van der Waals surface area contributed by atoms with E-state index in [9.17, 15) is 9.90 Å². The molecule has 2 aromatic rings. The van der Waals surface area contributed by atoms with Gasteiger partial charge in [0.05, 0.1) is 19.8 Å². The maximum atomic E-state index is 12.4. The van der Waals surface area contributed by atoms with Crippen molar-refractivity contribution in [2.75, 3.05) is 13.7 Å². The molecule has 5 nitrogen and oxygen atoms in total. The molecule has 22 heavy (non-hydrogen) atoms. The topological polar surface area (TPSA) is 71.7 Å². The van der Waals surface area contributed by atoms with Crippen LogP contribution in [0.3, 0.4) is 0 Å². The highest BCUT2D eigenvalue weighted by molar-refractivity contribution is 5.99. The smallest absolute Gasteiger partial charge is 0.287 e. The van der Waals surface area contributed by atoms with E-state index in [1.165, 1.54) is 0 Å². The molecule has 0 aliphatic rings. The maximum absolute atomic E-state index is 12.4. The number of fused-ring (bicyclic) bond motifs is 1. The normalized spacial score (nSPS) is 12.6. The lowest BCUT2D eigenvalue weighted by molar-refractivity contribution is 0.0881. The Kier molecular flexibility index (Phi) is 5.08. The number of rotatable bonds is 6. The van der Waals surface area contributed by atoms with Gasteiger partial charge < -0.3 is 19.6 Å². The fraction of sp³-hybridized carbons (Fsp3) is 0.471. The van der Waals surface area contributed by atoms with Crippen LogP contribution in [0.5, 0.6) is 5.75 Å². The van der Waals surface area contributed by atoms with Crippen molar-refractivity contribution in [1.82, 2.24) is 5.32 Å². The molecular formula is C17H23NO4. The third kappa shape index (κ3) is 3.42. The highest BCUT2D eigenvalue weighted by atomic mass is 16.5. The number of hydrogen-bond donors (Lipinski definition) is 2. The molecule has 1 heterocycles. The van der Waals surface area contributed by atoms with Gasteiger partial charge in [-0.2, -0.15) is 0 Å². The number of hydrogen-bond acceptors (Lipinski definition) is 4. The quantitative estimate of drug-likeness (QED) is 0.861. The minimum absolute atomic E-state index is 0.0863. The highest BCUT2D eigenvalue weighted by Gasteiger charge is 2.21. The van der Waals surface area contributed by atoms with Crippen LogP contribution in [0.4, 0.5) is 0 Å². The van der Waals surface area contributed by atoms with Crippen molar-refractivity contribution in [2.45, 2.75) is 33.2 Å². The van der Waals surface area contributed by atoms with Gasteiger partial charge in [0.2, 0.25) is 0 Å². The Morgan fingerprint density at radius 3 is 2.73 bits per heavy atom. The Morgan fingerprint density at radius 2 is 2.14 bits per heavy atom. The Labute approximate surface area is 130 Å². The summed E-state index contributed by atoms with van der Waals surface area (Å²) in [4.78, 5) is 12.4. The number of aryl methyl sites for hydroxylation is 1. The standard InChI is InChI=1S/C17H23NO4/c1-10(2)7-12(9-19)18-17(20)16-11(3)14-8-13(21-4)5-6-15(14)22-16/h5-6,8,10,12,19H,7,9H2,1-4H3,(H,18,20). The van der Waals surface area contributed by atoms with Crippen molar-refractivity contribution in [1.29, 1.82) is 0 Å². The number of nitrogens with one attached hydrogen (secondary N) is 1. The first-order chi connectivity index (χ1) is 10.5. The Balaban J connectivity index is 2.26. The van der Waals surface area contributed by atoms with E-state index in [1.807, 2.05) is 26.8 Å². The number of ether oxygens (including phenoxy) is 1. The Morgan fingerprint density at radius 1 is 1.41 bits per heavy atom. The molecule has 0 bridgehead atoms. The van der Waals surface area contributed by atoms with Gasteiger partial charge in [0.1, 0.15) is 11.3 Å². The molecule has 0 saturated carbocycles. The summed E-state index contributed by atoms with van der Waals surface area (Å²) in [7, 11) is 1.60. The average Bonchev–Trinajstić information content (AvgIpc) is 2.82. The van der Waals surface area contributed by atoms with Crippen molar-refractivity contribution in [2.24, 2.45) is 5.92 Å². The van der Waals surface area contributed by atoms with Crippen molar-refractivity contribution in [3.63, 3.8) is 0 Å². The van der Waals surface area contributed by atoms with Crippen LogP contribution in [-0.2, 0) is 0 Å². The van der Waals surface area contributed by atoms with E-state index in [1.54, 1.807) is 19.2 Å². The number of methoxy groups -OCH3 is 1. The molecule has 1 unspecified atom stereocenters. The molecule has 2 N–H and O–H groups in total. The number of amides is 1.